The maximum Gasteiger partial charge on any atom is 0.272 e. The summed E-state index contributed by atoms with van der Waals surface area (Å²) in [5.74, 6) is -0.270. The number of nitro benzene ring substituents is 1. The Bertz CT molecular complexity index is 474. The molecule has 0 aliphatic heterocycles. The van der Waals surface area contributed by atoms with Gasteiger partial charge in [0, 0.05) is 17.3 Å². The Morgan fingerprint density at radius 1 is 1.53 bits per heavy atom. The molecule has 0 spiro atoms. The first kappa shape index (κ1) is 15.1. The van der Waals surface area contributed by atoms with Gasteiger partial charge in [0.2, 0.25) is 5.91 Å². The summed E-state index contributed by atoms with van der Waals surface area (Å²) in [5, 5.41) is 13.3. The molecule has 0 aromatic heterocycles. The van der Waals surface area contributed by atoms with Crippen molar-refractivity contribution in [3.05, 3.63) is 33.9 Å². The van der Waals surface area contributed by atoms with Crippen LogP contribution in [0.25, 0.3) is 0 Å². The smallest absolute Gasteiger partial charge is 0.272 e. The fourth-order valence-electron chi connectivity index (χ4n) is 1.47. The molecule has 0 saturated carbocycles. The van der Waals surface area contributed by atoms with E-state index in [0.29, 0.717) is 11.3 Å². The summed E-state index contributed by atoms with van der Waals surface area (Å²) in [6, 6.07) is 4.45. The number of hydrogen-bond donors (Lipinski definition) is 1. The first-order chi connectivity index (χ1) is 8.93. The molecule has 0 aliphatic carbocycles. The molecule has 0 aliphatic rings. The van der Waals surface area contributed by atoms with Crippen LogP contribution in [-0.2, 0) is 9.53 Å². The Morgan fingerprint density at radius 2 is 2.21 bits per heavy atom. The van der Waals surface area contributed by atoms with E-state index in [1.807, 2.05) is 13.8 Å². The van der Waals surface area contributed by atoms with Crippen LogP contribution in [-0.4, -0.2) is 23.5 Å². The second-order valence-corrected chi connectivity index (χ2v) is 4.34. The molecule has 104 valence electrons. The van der Waals surface area contributed by atoms with E-state index >= 15 is 0 Å². The summed E-state index contributed by atoms with van der Waals surface area (Å²) in [7, 11) is 0. The van der Waals surface area contributed by atoms with Crippen molar-refractivity contribution in [3.8, 4) is 0 Å². The maximum atomic E-state index is 11.6. The highest BCUT2D eigenvalue weighted by Crippen LogP contribution is 2.21. The number of aryl methyl sites for hydroxylation is 1. The lowest BCUT2D eigenvalue weighted by molar-refractivity contribution is -0.385. The normalized spacial score (nSPS) is 11.9. The molecular formula is C13H18N2O4. The molecule has 19 heavy (non-hydrogen) atoms. The Hall–Kier alpha value is -1.95. The van der Waals surface area contributed by atoms with E-state index in [-0.39, 0.29) is 24.3 Å². The number of benzene rings is 1. The van der Waals surface area contributed by atoms with E-state index in [9.17, 15) is 14.9 Å². The van der Waals surface area contributed by atoms with Crippen molar-refractivity contribution in [2.75, 3.05) is 11.9 Å². The second kappa shape index (κ2) is 6.84. The number of ether oxygens (including phenoxy) is 1. The van der Waals surface area contributed by atoms with Crippen molar-refractivity contribution >= 4 is 17.3 Å². The summed E-state index contributed by atoms with van der Waals surface area (Å²) in [4.78, 5) is 21.8. The van der Waals surface area contributed by atoms with Gasteiger partial charge < -0.3 is 10.1 Å². The van der Waals surface area contributed by atoms with Crippen molar-refractivity contribution < 1.29 is 14.5 Å². The summed E-state index contributed by atoms with van der Waals surface area (Å²) < 4.78 is 5.30. The lowest BCUT2D eigenvalue weighted by Gasteiger charge is -2.11. The molecule has 0 bridgehead atoms. The van der Waals surface area contributed by atoms with Gasteiger partial charge in [-0.3, -0.25) is 14.9 Å². The molecule has 1 atom stereocenters. The quantitative estimate of drug-likeness (QED) is 0.634. The van der Waals surface area contributed by atoms with E-state index in [1.165, 1.54) is 12.1 Å². The number of carbonyl (C=O) groups excluding carboxylic acids is 1. The van der Waals surface area contributed by atoms with Crippen LogP contribution in [0.1, 0.15) is 25.8 Å². The average Bonchev–Trinajstić information content (AvgIpc) is 2.35. The summed E-state index contributed by atoms with van der Waals surface area (Å²) in [6.45, 7) is 5.47. The first-order valence-corrected chi connectivity index (χ1v) is 6.10. The maximum absolute atomic E-state index is 11.6. The van der Waals surface area contributed by atoms with Gasteiger partial charge in [-0.15, -0.1) is 0 Å². The molecule has 1 aromatic rings. The fourth-order valence-corrected chi connectivity index (χ4v) is 1.47. The van der Waals surface area contributed by atoms with E-state index < -0.39 is 4.92 Å². The highest BCUT2D eigenvalue weighted by molar-refractivity contribution is 5.91. The average molecular weight is 266 g/mol. The van der Waals surface area contributed by atoms with Crippen molar-refractivity contribution in [1.29, 1.82) is 0 Å². The number of carbonyl (C=O) groups is 1. The molecule has 1 amide bonds. The van der Waals surface area contributed by atoms with Crippen LogP contribution < -0.4 is 5.32 Å². The van der Waals surface area contributed by atoms with Crippen molar-refractivity contribution in [2.24, 2.45) is 0 Å². The second-order valence-electron chi connectivity index (χ2n) is 4.34. The molecule has 6 nitrogen and oxygen atoms in total. The number of amides is 1. The van der Waals surface area contributed by atoms with Gasteiger partial charge >= 0.3 is 0 Å². The minimum atomic E-state index is -0.451. The zero-order chi connectivity index (χ0) is 14.4. The molecule has 6 heteroatoms. The summed E-state index contributed by atoms with van der Waals surface area (Å²) >= 11 is 0. The molecule has 0 radical (unpaired) electrons. The standard InChI is InChI=1S/C13H18N2O4/c1-4-10(3)19-8-13(16)14-11-5-6-12(15(17)18)9(2)7-11/h5-7,10H,4,8H2,1-3H3,(H,14,16)/t10-/m1/s1. The minimum Gasteiger partial charge on any atom is -0.369 e. The minimum absolute atomic E-state index is 0.0228. The Morgan fingerprint density at radius 3 is 2.74 bits per heavy atom. The van der Waals surface area contributed by atoms with Crippen molar-refractivity contribution in [3.63, 3.8) is 0 Å². The fraction of sp³-hybridized carbons (Fsp3) is 0.462. The van der Waals surface area contributed by atoms with Crippen LogP contribution in [0.4, 0.5) is 11.4 Å². The van der Waals surface area contributed by atoms with Gasteiger partial charge in [-0.2, -0.15) is 0 Å². The number of rotatable bonds is 6. The van der Waals surface area contributed by atoms with E-state index in [4.69, 9.17) is 4.74 Å². The molecule has 0 unspecified atom stereocenters. The van der Waals surface area contributed by atoms with E-state index in [0.717, 1.165) is 6.42 Å². The number of nitrogens with one attached hydrogen (secondary N) is 1. The zero-order valence-electron chi connectivity index (χ0n) is 11.3. The lowest BCUT2D eigenvalue weighted by atomic mass is 10.2. The zero-order valence-corrected chi connectivity index (χ0v) is 11.3. The Balaban J connectivity index is 2.60. The lowest BCUT2D eigenvalue weighted by Crippen LogP contribution is -2.21. The van der Waals surface area contributed by atoms with Gasteiger partial charge in [0.05, 0.1) is 11.0 Å². The van der Waals surface area contributed by atoms with E-state index in [1.54, 1.807) is 13.0 Å². The SMILES string of the molecule is CC[C@@H](C)OCC(=O)Nc1ccc([N+](=O)[O-])c(C)c1. The van der Waals surface area contributed by atoms with Crippen molar-refractivity contribution in [1.82, 2.24) is 0 Å². The Kier molecular flexibility index (Phi) is 5.44. The van der Waals surface area contributed by atoms with Gasteiger partial charge in [0.1, 0.15) is 6.61 Å². The van der Waals surface area contributed by atoms with Crippen LogP contribution in [0.2, 0.25) is 0 Å². The monoisotopic (exact) mass is 266 g/mol. The third-order valence-corrected chi connectivity index (χ3v) is 2.75. The molecule has 1 rings (SSSR count). The summed E-state index contributed by atoms with van der Waals surface area (Å²) in [6.07, 6.45) is 0.869. The third-order valence-electron chi connectivity index (χ3n) is 2.75. The Labute approximate surface area is 111 Å². The van der Waals surface area contributed by atoms with Gasteiger partial charge in [0.25, 0.3) is 5.69 Å². The molecule has 0 fully saturated rings. The van der Waals surface area contributed by atoms with Gasteiger partial charge in [-0.25, -0.2) is 0 Å². The summed E-state index contributed by atoms with van der Waals surface area (Å²) in [5.41, 5.74) is 1.07. The number of anilines is 1. The van der Waals surface area contributed by atoms with Crippen LogP contribution in [0.15, 0.2) is 18.2 Å². The van der Waals surface area contributed by atoms with Crippen LogP contribution in [0.5, 0.6) is 0 Å². The first-order valence-electron chi connectivity index (χ1n) is 6.10. The molecular weight excluding hydrogens is 248 g/mol. The number of hydrogen-bond acceptors (Lipinski definition) is 4. The highest BCUT2D eigenvalue weighted by Gasteiger charge is 2.11. The highest BCUT2D eigenvalue weighted by atomic mass is 16.6. The van der Waals surface area contributed by atoms with Crippen LogP contribution >= 0.6 is 0 Å². The van der Waals surface area contributed by atoms with Crippen LogP contribution in [0, 0.1) is 17.0 Å². The number of nitrogens with zero attached hydrogens (tertiary/aromatic N) is 1. The topological polar surface area (TPSA) is 81.5 Å². The van der Waals surface area contributed by atoms with Gasteiger partial charge in [-0.05, 0) is 32.4 Å². The third kappa shape index (κ3) is 4.67. The van der Waals surface area contributed by atoms with Gasteiger partial charge in [0.15, 0.2) is 0 Å². The van der Waals surface area contributed by atoms with Crippen LogP contribution in [0.3, 0.4) is 0 Å². The largest absolute Gasteiger partial charge is 0.369 e. The molecule has 0 saturated heterocycles. The predicted molar refractivity (Wildman–Crippen MR) is 72.2 cm³/mol. The van der Waals surface area contributed by atoms with E-state index in [2.05, 4.69) is 5.32 Å². The number of nitro groups is 1. The predicted octanol–water partition coefficient (Wildman–Crippen LogP) is 2.66. The van der Waals surface area contributed by atoms with Crippen molar-refractivity contribution in [2.45, 2.75) is 33.3 Å². The molecule has 1 aromatic carbocycles. The molecule has 1 N–H and O–H groups in total. The van der Waals surface area contributed by atoms with Gasteiger partial charge in [-0.1, -0.05) is 6.92 Å². The molecule has 0 heterocycles.